The lowest BCUT2D eigenvalue weighted by atomic mass is 10.1. The van der Waals surface area contributed by atoms with Gasteiger partial charge in [0.05, 0.1) is 21.9 Å². The van der Waals surface area contributed by atoms with E-state index in [1.165, 1.54) is 36.4 Å². The van der Waals surface area contributed by atoms with Gasteiger partial charge in [-0.3, -0.25) is 15.5 Å². The molecule has 0 aliphatic carbocycles. The van der Waals surface area contributed by atoms with Gasteiger partial charge in [-0.2, -0.15) is 18.3 Å². The van der Waals surface area contributed by atoms with Crippen molar-refractivity contribution >= 4 is 17.1 Å². The lowest BCUT2D eigenvalue weighted by Gasteiger charge is -2.09. The van der Waals surface area contributed by atoms with Gasteiger partial charge in [-0.1, -0.05) is 12.1 Å². The summed E-state index contributed by atoms with van der Waals surface area (Å²) in [5, 5.41) is 14.5. The molecular formula is C15H12F3N3O2. The molecule has 0 atom stereocenters. The summed E-state index contributed by atoms with van der Waals surface area (Å²) in [6.07, 6.45) is -4.41. The number of benzene rings is 2. The molecule has 0 bridgehead atoms. The first-order valence-electron chi connectivity index (χ1n) is 6.50. The molecule has 0 amide bonds. The zero-order valence-corrected chi connectivity index (χ0v) is 12.0. The number of nitrogens with one attached hydrogen (secondary N) is 1. The second kappa shape index (κ2) is 6.47. The Morgan fingerprint density at radius 3 is 2.39 bits per heavy atom. The molecule has 0 aliphatic heterocycles. The molecule has 0 unspecified atom stereocenters. The molecule has 0 saturated heterocycles. The molecule has 2 aromatic carbocycles. The van der Waals surface area contributed by atoms with Crippen molar-refractivity contribution in [2.45, 2.75) is 13.1 Å². The van der Waals surface area contributed by atoms with Crippen LogP contribution in [0.3, 0.4) is 0 Å². The fraction of sp³-hybridized carbons (Fsp3) is 0.133. The third kappa shape index (κ3) is 4.29. The Morgan fingerprint density at radius 2 is 1.83 bits per heavy atom. The van der Waals surface area contributed by atoms with Gasteiger partial charge in [-0.25, -0.2) is 0 Å². The van der Waals surface area contributed by atoms with Crippen LogP contribution in [0.4, 0.5) is 24.5 Å². The molecule has 8 heteroatoms. The molecule has 23 heavy (non-hydrogen) atoms. The summed E-state index contributed by atoms with van der Waals surface area (Å²) >= 11 is 0. The summed E-state index contributed by atoms with van der Waals surface area (Å²) in [5.74, 6) is 0. The van der Waals surface area contributed by atoms with E-state index in [9.17, 15) is 23.3 Å². The smallest absolute Gasteiger partial charge is 0.278 e. The highest BCUT2D eigenvalue weighted by Gasteiger charge is 2.30. The minimum Gasteiger partial charge on any atom is -0.278 e. The van der Waals surface area contributed by atoms with Crippen LogP contribution in [-0.2, 0) is 6.18 Å². The second-order valence-corrected chi connectivity index (χ2v) is 4.69. The van der Waals surface area contributed by atoms with Crippen molar-refractivity contribution in [3.05, 3.63) is 69.8 Å². The van der Waals surface area contributed by atoms with Gasteiger partial charge in [0.25, 0.3) is 5.69 Å². The van der Waals surface area contributed by atoms with Crippen LogP contribution in [0.5, 0.6) is 0 Å². The monoisotopic (exact) mass is 323 g/mol. The molecule has 0 aromatic heterocycles. The van der Waals surface area contributed by atoms with Gasteiger partial charge in [-0.15, -0.1) is 0 Å². The normalized spacial score (nSPS) is 12.1. The number of non-ortho nitro benzene ring substituents is 1. The number of hydrogen-bond donors (Lipinski definition) is 1. The van der Waals surface area contributed by atoms with E-state index >= 15 is 0 Å². The van der Waals surface area contributed by atoms with Gasteiger partial charge in [-0.05, 0) is 36.8 Å². The Labute approximate surface area is 129 Å². The number of nitrogens with zero attached hydrogens (tertiary/aromatic N) is 2. The predicted octanol–water partition coefficient (Wildman–Crippen LogP) is 4.45. The van der Waals surface area contributed by atoms with Crippen molar-refractivity contribution in [1.29, 1.82) is 0 Å². The first-order valence-corrected chi connectivity index (χ1v) is 6.50. The number of nitro benzene ring substituents is 1. The van der Waals surface area contributed by atoms with E-state index < -0.39 is 16.7 Å². The van der Waals surface area contributed by atoms with Crippen LogP contribution in [0.1, 0.15) is 18.1 Å². The number of halogens is 3. The minimum absolute atomic E-state index is 0.0610. The van der Waals surface area contributed by atoms with Crippen molar-refractivity contribution < 1.29 is 18.1 Å². The van der Waals surface area contributed by atoms with Gasteiger partial charge < -0.3 is 0 Å². The van der Waals surface area contributed by atoms with Crippen LogP contribution in [0.15, 0.2) is 53.6 Å². The summed E-state index contributed by atoms with van der Waals surface area (Å²) in [6.45, 7) is 1.56. The zero-order valence-electron chi connectivity index (χ0n) is 12.0. The fourth-order valence-corrected chi connectivity index (χ4v) is 1.79. The van der Waals surface area contributed by atoms with Crippen LogP contribution in [0.2, 0.25) is 0 Å². The molecule has 2 rings (SSSR count). The van der Waals surface area contributed by atoms with Crippen LogP contribution in [-0.4, -0.2) is 10.6 Å². The quantitative estimate of drug-likeness (QED) is 0.513. The maximum Gasteiger partial charge on any atom is 0.416 e. The van der Waals surface area contributed by atoms with Crippen LogP contribution in [0, 0.1) is 10.1 Å². The summed E-state index contributed by atoms with van der Waals surface area (Å²) in [4.78, 5) is 10.0. The molecule has 5 nitrogen and oxygen atoms in total. The summed E-state index contributed by atoms with van der Waals surface area (Å²) in [5.41, 5.74) is 3.01. The fourth-order valence-electron chi connectivity index (χ4n) is 1.79. The Hall–Kier alpha value is -2.90. The summed E-state index contributed by atoms with van der Waals surface area (Å²) in [6, 6.07) is 10.3. The summed E-state index contributed by atoms with van der Waals surface area (Å²) < 4.78 is 38.0. The van der Waals surface area contributed by atoms with Crippen molar-refractivity contribution in [1.82, 2.24) is 0 Å². The number of hydrazone groups is 1. The molecule has 120 valence electrons. The van der Waals surface area contributed by atoms with Crippen molar-refractivity contribution in [3.63, 3.8) is 0 Å². The molecule has 1 N–H and O–H groups in total. The topological polar surface area (TPSA) is 67.5 Å². The highest BCUT2D eigenvalue weighted by Crippen LogP contribution is 2.29. The van der Waals surface area contributed by atoms with Crippen molar-refractivity contribution in [2.75, 3.05) is 5.43 Å². The highest BCUT2D eigenvalue weighted by atomic mass is 19.4. The van der Waals surface area contributed by atoms with E-state index in [0.29, 0.717) is 17.0 Å². The largest absolute Gasteiger partial charge is 0.416 e. The lowest BCUT2D eigenvalue weighted by molar-refractivity contribution is -0.384. The maximum absolute atomic E-state index is 12.7. The molecule has 0 radical (unpaired) electrons. The average molecular weight is 323 g/mol. The van der Waals surface area contributed by atoms with Gasteiger partial charge in [0.1, 0.15) is 0 Å². The van der Waals surface area contributed by atoms with E-state index in [-0.39, 0.29) is 5.69 Å². The third-order valence-electron chi connectivity index (χ3n) is 3.04. The highest BCUT2D eigenvalue weighted by molar-refractivity contribution is 5.99. The molecule has 0 saturated carbocycles. The van der Waals surface area contributed by atoms with E-state index in [1.807, 2.05) is 0 Å². The lowest BCUT2D eigenvalue weighted by Crippen LogP contribution is -2.07. The first kappa shape index (κ1) is 16.5. The van der Waals surface area contributed by atoms with Crippen molar-refractivity contribution in [3.8, 4) is 0 Å². The second-order valence-electron chi connectivity index (χ2n) is 4.69. The van der Waals surface area contributed by atoms with E-state index in [1.54, 1.807) is 6.92 Å². The molecule has 0 spiro atoms. The van der Waals surface area contributed by atoms with E-state index in [2.05, 4.69) is 10.5 Å². The molecule has 0 heterocycles. The zero-order chi connectivity index (χ0) is 17.0. The van der Waals surface area contributed by atoms with E-state index in [4.69, 9.17) is 0 Å². The number of rotatable bonds is 4. The molecule has 2 aromatic rings. The number of hydrogen-bond acceptors (Lipinski definition) is 4. The van der Waals surface area contributed by atoms with E-state index in [0.717, 1.165) is 12.1 Å². The van der Waals surface area contributed by atoms with Crippen LogP contribution in [0.25, 0.3) is 0 Å². The third-order valence-corrected chi connectivity index (χ3v) is 3.04. The Bertz CT molecular complexity index is 740. The maximum atomic E-state index is 12.7. The minimum atomic E-state index is -4.41. The number of nitro groups is 1. The average Bonchev–Trinajstić information content (AvgIpc) is 2.52. The standard InChI is InChI=1S/C15H12F3N3O2/c1-10(11-3-2-4-12(9-11)15(16,17)18)19-20-13-5-7-14(8-6-13)21(22)23/h2-9,20H,1H3. The SMILES string of the molecule is CC(=NNc1ccc([N+](=O)[O-])cc1)c1cccc(C(F)(F)F)c1. The Balaban J connectivity index is 2.15. The van der Waals surface area contributed by atoms with Crippen LogP contribution < -0.4 is 5.43 Å². The molecule has 0 aliphatic rings. The first-order chi connectivity index (χ1) is 10.8. The summed E-state index contributed by atoms with van der Waals surface area (Å²) in [7, 11) is 0. The Morgan fingerprint density at radius 1 is 1.17 bits per heavy atom. The van der Waals surface area contributed by atoms with Gasteiger partial charge in [0.15, 0.2) is 0 Å². The molecular weight excluding hydrogens is 311 g/mol. The van der Waals surface area contributed by atoms with Crippen molar-refractivity contribution in [2.24, 2.45) is 5.10 Å². The Kier molecular flexibility index (Phi) is 4.63. The van der Waals surface area contributed by atoms with Gasteiger partial charge in [0.2, 0.25) is 0 Å². The number of alkyl halides is 3. The van der Waals surface area contributed by atoms with Gasteiger partial charge in [0, 0.05) is 12.1 Å². The number of anilines is 1. The molecule has 0 fully saturated rings. The predicted molar refractivity (Wildman–Crippen MR) is 80.4 cm³/mol. The van der Waals surface area contributed by atoms with Crippen LogP contribution >= 0.6 is 0 Å². The van der Waals surface area contributed by atoms with Gasteiger partial charge >= 0.3 is 6.18 Å².